The van der Waals surface area contributed by atoms with Crippen molar-refractivity contribution < 1.29 is 22.8 Å². The van der Waals surface area contributed by atoms with Crippen LogP contribution in [0, 0.1) is 0 Å². The van der Waals surface area contributed by atoms with Crippen LogP contribution in [0.15, 0.2) is 71.9 Å². The van der Waals surface area contributed by atoms with Gasteiger partial charge in [0.1, 0.15) is 4.88 Å². The molecule has 192 valence electrons. The molecule has 0 bridgehead atoms. The third-order valence-corrected chi connectivity index (χ3v) is 7.59. The Morgan fingerprint density at radius 3 is 2.32 bits per heavy atom. The predicted molar refractivity (Wildman–Crippen MR) is 136 cm³/mol. The standard InChI is InChI=1S/C27H25F3N4O2S/c28-27(29,30)22-11-5-4-10-21(22)25(36)33-14-19-16-34(17-20(19)15-33)26-32-13-23(37-26)24(35)31-12-6-9-18-7-2-1-3-8-18/h1-5,7-8,10-11,13H,6,9,12,14-17H2,(H,31,35). The molecule has 0 aliphatic carbocycles. The van der Waals surface area contributed by atoms with E-state index >= 15 is 0 Å². The third kappa shape index (κ3) is 5.53. The van der Waals surface area contributed by atoms with Crippen molar-refractivity contribution in [2.24, 2.45) is 0 Å². The highest BCUT2D eigenvalue weighted by molar-refractivity contribution is 7.17. The molecule has 2 aliphatic heterocycles. The van der Waals surface area contributed by atoms with Gasteiger partial charge < -0.3 is 15.1 Å². The molecule has 0 atom stereocenters. The number of thiazole rings is 1. The van der Waals surface area contributed by atoms with Crippen LogP contribution in [0.25, 0.3) is 0 Å². The van der Waals surface area contributed by atoms with Gasteiger partial charge in [-0.3, -0.25) is 9.59 Å². The fourth-order valence-corrected chi connectivity index (χ4v) is 5.52. The van der Waals surface area contributed by atoms with Crippen LogP contribution >= 0.6 is 11.3 Å². The van der Waals surface area contributed by atoms with E-state index in [0.717, 1.165) is 30.1 Å². The molecule has 0 fully saturated rings. The fraction of sp³-hybridized carbons (Fsp3) is 0.296. The smallest absolute Gasteiger partial charge is 0.351 e. The molecule has 3 aromatic rings. The molecule has 10 heteroatoms. The molecule has 6 nitrogen and oxygen atoms in total. The molecule has 0 radical (unpaired) electrons. The van der Waals surface area contributed by atoms with E-state index in [0.29, 0.717) is 29.6 Å². The Morgan fingerprint density at radius 1 is 0.946 bits per heavy atom. The van der Waals surface area contributed by atoms with Gasteiger partial charge in [0.25, 0.3) is 11.8 Å². The lowest BCUT2D eigenvalue weighted by Crippen LogP contribution is -2.35. The molecule has 3 heterocycles. The first-order chi connectivity index (χ1) is 17.8. The summed E-state index contributed by atoms with van der Waals surface area (Å²) in [4.78, 5) is 33.9. The van der Waals surface area contributed by atoms with Crippen molar-refractivity contribution in [2.45, 2.75) is 19.0 Å². The lowest BCUT2D eigenvalue weighted by atomic mass is 10.1. The average Bonchev–Trinajstić information content (AvgIpc) is 3.61. The highest BCUT2D eigenvalue weighted by atomic mass is 32.1. The van der Waals surface area contributed by atoms with Gasteiger partial charge >= 0.3 is 6.18 Å². The number of halogens is 3. The Balaban J connectivity index is 1.13. The van der Waals surface area contributed by atoms with Crippen molar-refractivity contribution in [1.82, 2.24) is 15.2 Å². The molecular formula is C27H25F3N4O2S. The van der Waals surface area contributed by atoms with Crippen molar-refractivity contribution >= 4 is 28.3 Å². The van der Waals surface area contributed by atoms with Crippen LogP contribution in [-0.2, 0) is 12.6 Å². The summed E-state index contributed by atoms with van der Waals surface area (Å²) in [6.45, 7) is 2.22. The average molecular weight is 527 g/mol. The van der Waals surface area contributed by atoms with Crippen molar-refractivity contribution in [3.63, 3.8) is 0 Å². The first-order valence-corrected chi connectivity index (χ1v) is 12.8. The zero-order valence-electron chi connectivity index (χ0n) is 19.9. The third-order valence-electron chi connectivity index (χ3n) is 6.54. The SMILES string of the molecule is O=C(NCCCc1ccccc1)c1cnc(N2CC3=C(CN(C(=O)c4ccccc4C(F)(F)F)C3)C2)s1. The van der Waals surface area contributed by atoms with Crippen molar-refractivity contribution in [3.8, 4) is 0 Å². The Labute approximate surface area is 216 Å². The maximum Gasteiger partial charge on any atom is 0.417 e. The maximum atomic E-state index is 13.4. The summed E-state index contributed by atoms with van der Waals surface area (Å²) in [5.41, 5.74) is 2.02. The molecule has 37 heavy (non-hydrogen) atoms. The van der Waals surface area contributed by atoms with Crippen LogP contribution in [0.3, 0.4) is 0 Å². The zero-order chi connectivity index (χ0) is 26.0. The second kappa shape index (κ2) is 10.4. The number of hydrogen-bond acceptors (Lipinski definition) is 5. The summed E-state index contributed by atoms with van der Waals surface area (Å²) in [6, 6.07) is 15.0. The van der Waals surface area contributed by atoms with E-state index in [1.807, 2.05) is 23.1 Å². The van der Waals surface area contributed by atoms with Crippen LogP contribution in [0.4, 0.5) is 18.3 Å². The van der Waals surface area contributed by atoms with E-state index in [-0.39, 0.29) is 24.6 Å². The molecule has 0 unspecified atom stereocenters. The van der Waals surface area contributed by atoms with Gasteiger partial charge in [-0.15, -0.1) is 0 Å². The summed E-state index contributed by atoms with van der Waals surface area (Å²) >= 11 is 1.31. The second-order valence-electron chi connectivity index (χ2n) is 9.12. The molecular weight excluding hydrogens is 501 g/mol. The molecule has 0 spiro atoms. The number of alkyl halides is 3. The lowest BCUT2D eigenvalue weighted by molar-refractivity contribution is -0.138. The van der Waals surface area contributed by atoms with E-state index in [2.05, 4.69) is 22.4 Å². The van der Waals surface area contributed by atoms with Crippen molar-refractivity contribution in [2.75, 3.05) is 37.6 Å². The fourth-order valence-electron chi connectivity index (χ4n) is 4.69. The molecule has 0 saturated heterocycles. The van der Waals surface area contributed by atoms with Gasteiger partial charge in [-0.2, -0.15) is 13.2 Å². The minimum Gasteiger partial charge on any atom is -0.351 e. The van der Waals surface area contributed by atoms with Gasteiger partial charge in [0.15, 0.2) is 5.13 Å². The van der Waals surface area contributed by atoms with Crippen LogP contribution in [0.2, 0.25) is 0 Å². The first-order valence-electron chi connectivity index (χ1n) is 12.0. The largest absolute Gasteiger partial charge is 0.417 e. The van der Waals surface area contributed by atoms with Crippen LogP contribution in [-0.4, -0.2) is 54.4 Å². The monoisotopic (exact) mass is 526 g/mol. The minimum atomic E-state index is -4.59. The molecule has 2 amide bonds. The van der Waals surface area contributed by atoms with Gasteiger partial charge in [-0.1, -0.05) is 53.8 Å². The Hall–Kier alpha value is -3.66. The quantitative estimate of drug-likeness (QED) is 0.355. The molecule has 2 aliphatic rings. The number of aryl methyl sites for hydroxylation is 1. The summed E-state index contributed by atoms with van der Waals surface area (Å²) in [5.74, 6) is -0.772. The topological polar surface area (TPSA) is 65.5 Å². The number of nitrogens with one attached hydrogen (secondary N) is 1. The van der Waals surface area contributed by atoms with Gasteiger partial charge in [0.05, 0.1) is 17.3 Å². The Bertz CT molecular complexity index is 1320. The van der Waals surface area contributed by atoms with Gasteiger partial charge in [-0.25, -0.2) is 4.98 Å². The number of hydrogen-bond donors (Lipinski definition) is 1. The number of carbonyl (C=O) groups excluding carboxylic acids is 2. The van der Waals surface area contributed by atoms with Crippen molar-refractivity contribution in [1.29, 1.82) is 0 Å². The molecule has 1 N–H and O–H groups in total. The normalized spacial score (nSPS) is 15.3. The van der Waals surface area contributed by atoms with Gasteiger partial charge in [0, 0.05) is 32.7 Å². The summed E-state index contributed by atoms with van der Waals surface area (Å²) in [5, 5.41) is 3.65. The summed E-state index contributed by atoms with van der Waals surface area (Å²) < 4.78 is 40.1. The van der Waals surface area contributed by atoms with Gasteiger partial charge in [0.2, 0.25) is 0 Å². The Morgan fingerprint density at radius 2 is 1.62 bits per heavy atom. The molecule has 1 aromatic heterocycles. The maximum absolute atomic E-state index is 13.4. The molecule has 5 rings (SSSR count). The highest BCUT2D eigenvalue weighted by Crippen LogP contribution is 2.35. The predicted octanol–water partition coefficient (Wildman–Crippen LogP) is 4.80. The molecule has 0 saturated carbocycles. The van der Waals surface area contributed by atoms with Crippen molar-refractivity contribution in [3.05, 3.63) is 93.5 Å². The molecule has 2 aromatic carbocycles. The van der Waals surface area contributed by atoms with E-state index in [9.17, 15) is 22.8 Å². The minimum absolute atomic E-state index is 0.156. The number of amides is 2. The first kappa shape index (κ1) is 25.0. The second-order valence-corrected chi connectivity index (χ2v) is 10.1. The van der Waals surface area contributed by atoms with Crippen LogP contribution in [0.1, 0.15) is 37.6 Å². The number of nitrogens with zero attached hydrogens (tertiary/aromatic N) is 3. The number of aromatic nitrogens is 1. The summed E-state index contributed by atoms with van der Waals surface area (Å²) in [6.07, 6.45) is -1.29. The Kier molecular flexibility index (Phi) is 7.01. The van der Waals surface area contributed by atoms with E-state index in [1.165, 1.54) is 40.0 Å². The number of carbonyl (C=O) groups is 2. The lowest BCUT2D eigenvalue weighted by Gasteiger charge is -2.23. The van der Waals surface area contributed by atoms with Crippen LogP contribution < -0.4 is 10.2 Å². The number of anilines is 1. The highest BCUT2D eigenvalue weighted by Gasteiger charge is 2.38. The number of rotatable bonds is 7. The zero-order valence-corrected chi connectivity index (χ0v) is 20.7. The van der Waals surface area contributed by atoms with Gasteiger partial charge in [-0.05, 0) is 41.7 Å². The number of benzene rings is 2. The van der Waals surface area contributed by atoms with Crippen LogP contribution in [0.5, 0.6) is 0 Å². The van der Waals surface area contributed by atoms with E-state index < -0.39 is 17.6 Å². The summed E-state index contributed by atoms with van der Waals surface area (Å²) in [7, 11) is 0. The van der Waals surface area contributed by atoms with E-state index in [4.69, 9.17) is 0 Å². The van der Waals surface area contributed by atoms with E-state index in [1.54, 1.807) is 6.20 Å².